The zero-order valence-electron chi connectivity index (χ0n) is 12.3. The molecule has 0 bridgehead atoms. The Balaban J connectivity index is 0. The number of hydrogen-bond donors (Lipinski definition) is 1. The van der Waals surface area contributed by atoms with Crippen LogP contribution in [0.3, 0.4) is 0 Å². The fraction of sp³-hybridized carbons (Fsp3) is 1.00. The molecule has 0 aromatic carbocycles. The van der Waals surface area contributed by atoms with Crippen molar-refractivity contribution >= 4 is 22.6 Å². The largest absolute Gasteiger partial charge is 0.453 e. The van der Waals surface area contributed by atoms with Gasteiger partial charge in [-0.3, -0.25) is 0 Å². The maximum atomic E-state index is 12.1. The summed E-state index contributed by atoms with van der Waals surface area (Å²) in [5.41, 5.74) is 0. The van der Waals surface area contributed by atoms with E-state index in [2.05, 4.69) is 0 Å². The second kappa shape index (κ2) is 10.9. The molecule has 0 radical (unpaired) electrons. The average Bonchev–Trinajstić information content (AvgIpc) is 2.37. The van der Waals surface area contributed by atoms with E-state index in [-0.39, 0.29) is 25.9 Å². The summed E-state index contributed by atoms with van der Waals surface area (Å²) in [6.45, 7) is -0.367. The molecule has 0 heterocycles. The summed E-state index contributed by atoms with van der Waals surface area (Å²) >= 11 is 1.93. The molecule has 0 unspecified atom stereocenters. The number of alkyl halides is 11. The van der Waals surface area contributed by atoms with E-state index in [1.54, 1.807) is 0 Å². The lowest BCUT2D eigenvalue weighted by Gasteiger charge is -2.18. The summed E-state index contributed by atoms with van der Waals surface area (Å²) in [4.78, 5) is 0. The van der Waals surface area contributed by atoms with E-state index >= 15 is 0 Å². The van der Waals surface area contributed by atoms with Crippen molar-refractivity contribution in [2.75, 3.05) is 11.0 Å². The van der Waals surface area contributed by atoms with Crippen LogP contribution in [-0.2, 0) is 0 Å². The summed E-state index contributed by atoms with van der Waals surface area (Å²) in [5.74, 6) is -9.14. The van der Waals surface area contributed by atoms with Crippen molar-refractivity contribution in [1.29, 1.82) is 0 Å². The van der Waals surface area contributed by atoms with Gasteiger partial charge in [0, 0.05) is 19.4 Å². The Kier molecular flexibility index (Phi) is 11.9. The van der Waals surface area contributed by atoms with E-state index in [4.69, 9.17) is 5.11 Å². The predicted molar refractivity (Wildman–Crippen MR) is 75.7 cm³/mol. The number of aliphatic hydroxyl groups is 1. The van der Waals surface area contributed by atoms with Crippen molar-refractivity contribution in [1.82, 2.24) is 0 Å². The molecule has 12 heteroatoms. The lowest BCUT2D eigenvalue weighted by Crippen LogP contribution is -2.36. The minimum Gasteiger partial charge on any atom is -0.396 e. The number of rotatable bonds is 8. The van der Waals surface area contributed by atoms with Crippen LogP contribution in [0.4, 0.5) is 43.9 Å². The highest BCUT2D eigenvalue weighted by Crippen LogP contribution is 2.39. The van der Waals surface area contributed by atoms with Crippen LogP contribution in [0.25, 0.3) is 0 Å². The zero-order valence-corrected chi connectivity index (χ0v) is 14.4. The van der Waals surface area contributed by atoms with Gasteiger partial charge >= 0.3 is 24.2 Å². The third-order valence-electron chi connectivity index (χ3n) is 2.60. The molecule has 0 aromatic rings. The predicted octanol–water partition coefficient (Wildman–Crippen LogP) is 6.14. The third-order valence-corrected chi connectivity index (χ3v) is 3.37. The van der Waals surface area contributed by atoms with Crippen LogP contribution in [0.15, 0.2) is 0 Å². The molecule has 0 rings (SSSR count). The van der Waals surface area contributed by atoms with Gasteiger partial charge in [0.15, 0.2) is 0 Å². The van der Waals surface area contributed by atoms with Crippen molar-refractivity contribution < 1.29 is 49.0 Å². The molecule has 0 saturated carbocycles. The SMILES string of the molecule is FC(F)(F)C(F)(F)CCCCI.OCCCCC(F)(F)C(F)(F)F. The normalized spacial score (nSPS) is 13.5. The first-order valence-corrected chi connectivity index (χ1v) is 8.21. The number of hydrogen-bond acceptors (Lipinski definition) is 1. The van der Waals surface area contributed by atoms with E-state index in [1.165, 1.54) is 0 Å². The second-order valence-electron chi connectivity index (χ2n) is 4.73. The molecule has 1 N–H and O–H groups in total. The van der Waals surface area contributed by atoms with E-state index in [0.717, 1.165) is 0 Å². The standard InChI is InChI=1S/C6H8F5I.C6H9F5O/c2*7-5(8,6(9,10)11)3-1-2-4-12/h1-4H2;12H,1-4H2. The number of halogens is 11. The fourth-order valence-electron chi connectivity index (χ4n) is 1.18. The monoisotopic (exact) mass is 494 g/mol. The van der Waals surface area contributed by atoms with Gasteiger partial charge < -0.3 is 5.11 Å². The minimum absolute atomic E-state index is 0.0360. The molecular formula is C12H17F10IO. The zero-order chi connectivity index (χ0) is 19.7. The van der Waals surface area contributed by atoms with Crippen LogP contribution in [-0.4, -0.2) is 40.3 Å². The van der Waals surface area contributed by atoms with Crippen molar-refractivity contribution in [3.05, 3.63) is 0 Å². The van der Waals surface area contributed by atoms with Gasteiger partial charge in [-0.25, -0.2) is 0 Å². The summed E-state index contributed by atoms with van der Waals surface area (Å²) < 4.78 is 118. The maximum Gasteiger partial charge on any atom is 0.453 e. The van der Waals surface area contributed by atoms with E-state index < -0.39 is 37.0 Å². The highest BCUT2D eigenvalue weighted by molar-refractivity contribution is 14.1. The minimum atomic E-state index is -5.47. The first-order chi connectivity index (χ1) is 10.6. The summed E-state index contributed by atoms with van der Waals surface area (Å²) in [7, 11) is 0. The van der Waals surface area contributed by atoms with Gasteiger partial charge in [0.2, 0.25) is 0 Å². The van der Waals surface area contributed by atoms with Crippen molar-refractivity contribution in [3.63, 3.8) is 0 Å². The van der Waals surface area contributed by atoms with E-state index in [1.807, 2.05) is 22.6 Å². The smallest absolute Gasteiger partial charge is 0.396 e. The Bertz CT molecular complexity index is 295. The molecule has 0 fully saturated rings. The van der Waals surface area contributed by atoms with Gasteiger partial charge in [0.1, 0.15) is 0 Å². The van der Waals surface area contributed by atoms with Gasteiger partial charge in [-0.2, -0.15) is 43.9 Å². The topological polar surface area (TPSA) is 20.2 Å². The Hall–Kier alpha value is -0.0100. The van der Waals surface area contributed by atoms with Crippen molar-refractivity contribution in [2.45, 2.75) is 62.7 Å². The fourth-order valence-corrected chi connectivity index (χ4v) is 1.72. The molecule has 24 heavy (non-hydrogen) atoms. The summed E-state index contributed by atoms with van der Waals surface area (Å²) in [6, 6.07) is 0. The molecule has 148 valence electrons. The van der Waals surface area contributed by atoms with Crippen molar-refractivity contribution in [3.8, 4) is 0 Å². The quantitative estimate of drug-likeness (QED) is 0.186. The Labute approximate surface area is 145 Å². The molecule has 0 aromatic heterocycles. The molecule has 0 saturated heterocycles. The third kappa shape index (κ3) is 10.8. The molecule has 0 amide bonds. The molecule has 0 aliphatic carbocycles. The van der Waals surface area contributed by atoms with Crippen LogP contribution in [0.5, 0.6) is 0 Å². The first kappa shape index (κ1) is 26.2. The highest BCUT2D eigenvalue weighted by atomic mass is 127. The van der Waals surface area contributed by atoms with E-state index in [9.17, 15) is 43.9 Å². The van der Waals surface area contributed by atoms with Crippen LogP contribution in [0.1, 0.15) is 38.5 Å². The number of unbranched alkanes of at least 4 members (excludes halogenated alkanes) is 2. The molecule has 0 spiro atoms. The Morgan fingerprint density at radius 2 is 0.917 bits per heavy atom. The van der Waals surface area contributed by atoms with Crippen LogP contribution < -0.4 is 0 Å². The van der Waals surface area contributed by atoms with Gasteiger partial charge in [-0.15, -0.1) is 0 Å². The summed E-state index contributed by atoms with van der Waals surface area (Å²) in [6.07, 6.45) is -13.3. The average molecular weight is 494 g/mol. The van der Waals surface area contributed by atoms with Gasteiger partial charge in [0.05, 0.1) is 0 Å². The molecular weight excluding hydrogens is 477 g/mol. The lowest BCUT2D eigenvalue weighted by molar-refractivity contribution is -0.284. The Morgan fingerprint density at radius 3 is 1.17 bits per heavy atom. The second-order valence-corrected chi connectivity index (χ2v) is 5.81. The van der Waals surface area contributed by atoms with Crippen molar-refractivity contribution in [2.24, 2.45) is 0 Å². The summed E-state index contributed by atoms with van der Waals surface area (Å²) in [5, 5.41) is 8.14. The molecule has 0 aliphatic rings. The lowest BCUT2D eigenvalue weighted by atomic mass is 10.1. The maximum absolute atomic E-state index is 12.1. The van der Waals surface area contributed by atoms with Crippen LogP contribution in [0, 0.1) is 0 Å². The Morgan fingerprint density at radius 1 is 0.583 bits per heavy atom. The van der Waals surface area contributed by atoms with Gasteiger partial charge in [-0.1, -0.05) is 22.6 Å². The van der Waals surface area contributed by atoms with Gasteiger partial charge in [-0.05, 0) is 30.1 Å². The van der Waals surface area contributed by atoms with Crippen LogP contribution >= 0.6 is 22.6 Å². The highest BCUT2D eigenvalue weighted by Gasteiger charge is 2.57. The molecule has 0 atom stereocenters. The van der Waals surface area contributed by atoms with Gasteiger partial charge in [0.25, 0.3) is 0 Å². The molecule has 1 nitrogen and oxygen atoms in total. The van der Waals surface area contributed by atoms with E-state index in [0.29, 0.717) is 10.8 Å². The number of aliphatic hydroxyl groups excluding tert-OH is 1. The first-order valence-electron chi connectivity index (χ1n) is 6.68. The van der Waals surface area contributed by atoms with Crippen LogP contribution in [0.2, 0.25) is 0 Å². The molecule has 0 aliphatic heterocycles.